The van der Waals surface area contributed by atoms with Gasteiger partial charge in [-0.2, -0.15) is 23.3 Å². The molecule has 0 radical (unpaired) electrons. The maximum atomic E-state index is 13.1. The summed E-state index contributed by atoms with van der Waals surface area (Å²) in [5, 5.41) is 17.5. The van der Waals surface area contributed by atoms with Crippen molar-refractivity contribution in [3.05, 3.63) is 76.1 Å². The van der Waals surface area contributed by atoms with Gasteiger partial charge in [0, 0.05) is 34.9 Å². The molecule has 0 aliphatic heterocycles. The fourth-order valence-corrected chi connectivity index (χ4v) is 3.62. The predicted molar refractivity (Wildman–Crippen MR) is 140 cm³/mol. The number of nitrogens with zero attached hydrogens (tertiary/aromatic N) is 3. The molecule has 0 saturated carbocycles. The molecule has 2 aromatic heterocycles. The lowest BCUT2D eigenvalue weighted by molar-refractivity contribution is -0.137. The number of anilines is 6. The Kier molecular flexibility index (Phi) is 7.40. The zero-order valence-corrected chi connectivity index (χ0v) is 20.7. The van der Waals surface area contributed by atoms with Crippen molar-refractivity contribution in [1.29, 1.82) is 0 Å². The minimum atomic E-state index is -4.65. The number of H-pyrrole nitrogens is 1. The first kappa shape index (κ1) is 26.3. The average molecular weight is 541 g/mol. The van der Waals surface area contributed by atoms with E-state index in [9.17, 15) is 18.0 Å². The number of terminal acetylenes is 1. The van der Waals surface area contributed by atoms with E-state index in [0.29, 0.717) is 40.3 Å². The first-order valence-corrected chi connectivity index (χ1v) is 11.3. The van der Waals surface area contributed by atoms with Gasteiger partial charge >= 0.3 is 12.2 Å². The molecule has 2 aromatic carbocycles. The van der Waals surface area contributed by atoms with E-state index in [-0.39, 0.29) is 5.69 Å². The van der Waals surface area contributed by atoms with E-state index >= 15 is 0 Å². The largest absolute Gasteiger partial charge is 0.417 e. The van der Waals surface area contributed by atoms with Crippen LogP contribution in [-0.2, 0) is 6.18 Å². The zero-order chi connectivity index (χ0) is 27.4. The summed E-state index contributed by atoms with van der Waals surface area (Å²) in [5.74, 6) is 3.78. The van der Waals surface area contributed by atoms with Gasteiger partial charge in [0.05, 0.1) is 10.6 Å². The van der Waals surface area contributed by atoms with E-state index in [4.69, 9.17) is 18.0 Å². The number of nitrogens with one attached hydrogen (secondary N) is 5. The smallest absolute Gasteiger partial charge is 0.324 e. The molecule has 0 bridgehead atoms. The van der Waals surface area contributed by atoms with Crippen molar-refractivity contribution in [3.8, 4) is 12.3 Å². The maximum Gasteiger partial charge on any atom is 0.417 e. The fraction of sp³-hybridized carbons (Fsp3) is 0.120. The lowest BCUT2D eigenvalue weighted by Crippen LogP contribution is -2.20. The normalized spacial score (nSPS) is 11.0. The van der Waals surface area contributed by atoms with Gasteiger partial charge < -0.3 is 21.3 Å². The van der Waals surface area contributed by atoms with Gasteiger partial charge in [-0.05, 0) is 55.8 Å². The monoisotopic (exact) mass is 540 g/mol. The van der Waals surface area contributed by atoms with E-state index < -0.39 is 22.8 Å². The minimum Gasteiger partial charge on any atom is -0.324 e. The molecule has 194 valence electrons. The Hall–Kier alpha value is -4.76. The summed E-state index contributed by atoms with van der Waals surface area (Å²) in [6.45, 7) is 3.62. The second kappa shape index (κ2) is 10.7. The summed E-state index contributed by atoms with van der Waals surface area (Å²) in [4.78, 5) is 21.2. The van der Waals surface area contributed by atoms with Crippen molar-refractivity contribution in [1.82, 2.24) is 20.2 Å². The van der Waals surface area contributed by atoms with Crippen molar-refractivity contribution < 1.29 is 18.0 Å². The standard InChI is InChI=1S/C25H20ClF3N8O/c1-4-15-12-22(37-36-15)34-21-10-14(3)30-23(35-21)33-20-8-6-16(9-13(20)2)31-24(38)32-17-5-7-19(26)18(11-17)25(27,28)29/h1,5-12H,2-3H3,(H2,31,32,38)(H3,30,33,34,35,36,37). The summed E-state index contributed by atoms with van der Waals surface area (Å²) in [6.07, 6.45) is 0.703. The van der Waals surface area contributed by atoms with Crippen molar-refractivity contribution in [3.63, 3.8) is 0 Å². The van der Waals surface area contributed by atoms with Crippen LogP contribution in [0.5, 0.6) is 0 Å². The second-order valence-electron chi connectivity index (χ2n) is 8.08. The van der Waals surface area contributed by atoms with Gasteiger partial charge in [0.1, 0.15) is 11.5 Å². The molecule has 9 nitrogen and oxygen atoms in total. The van der Waals surface area contributed by atoms with E-state index in [1.54, 1.807) is 37.3 Å². The topological polar surface area (TPSA) is 120 Å². The van der Waals surface area contributed by atoms with E-state index in [1.807, 2.05) is 6.92 Å². The highest BCUT2D eigenvalue weighted by Gasteiger charge is 2.33. The van der Waals surface area contributed by atoms with Crippen molar-refractivity contribution in [2.75, 3.05) is 21.3 Å². The predicted octanol–water partition coefficient (Wildman–Crippen LogP) is 6.60. The number of carbonyl (C=O) groups is 1. The molecular formula is C25H20ClF3N8O. The molecule has 2 amide bonds. The third-order valence-electron chi connectivity index (χ3n) is 5.10. The van der Waals surface area contributed by atoms with Gasteiger partial charge in [0.25, 0.3) is 0 Å². The molecule has 4 rings (SSSR count). The Morgan fingerprint density at radius 1 is 0.974 bits per heavy atom. The molecule has 38 heavy (non-hydrogen) atoms. The highest BCUT2D eigenvalue weighted by molar-refractivity contribution is 6.31. The van der Waals surface area contributed by atoms with Crippen LogP contribution in [0.2, 0.25) is 5.02 Å². The van der Waals surface area contributed by atoms with Gasteiger partial charge in [-0.3, -0.25) is 5.10 Å². The minimum absolute atomic E-state index is 0.0550. The van der Waals surface area contributed by atoms with Gasteiger partial charge in [-0.15, -0.1) is 6.42 Å². The number of aromatic nitrogens is 4. The van der Waals surface area contributed by atoms with E-state index in [1.165, 1.54) is 6.07 Å². The second-order valence-corrected chi connectivity index (χ2v) is 8.49. The highest BCUT2D eigenvalue weighted by Crippen LogP contribution is 2.36. The zero-order valence-electron chi connectivity index (χ0n) is 20.0. The quantitative estimate of drug-likeness (QED) is 0.176. The molecule has 4 aromatic rings. The fourth-order valence-electron chi connectivity index (χ4n) is 3.40. The van der Waals surface area contributed by atoms with Crippen LogP contribution in [0.25, 0.3) is 0 Å². The summed E-state index contributed by atoms with van der Waals surface area (Å²) >= 11 is 5.62. The van der Waals surface area contributed by atoms with Crippen LogP contribution in [0.1, 0.15) is 22.5 Å². The SMILES string of the molecule is C#Cc1cc(Nc2cc(C)nc(Nc3ccc(NC(=O)Nc4ccc(Cl)c(C(F)(F)F)c4)cc3C)n2)n[nH]1. The Morgan fingerprint density at radius 2 is 1.68 bits per heavy atom. The molecule has 0 aliphatic rings. The molecule has 0 atom stereocenters. The first-order chi connectivity index (χ1) is 18.0. The van der Waals surface area contributed by atoms with Crippen LogP contribution in [0, 0.1) is 26.2 Å². The molecular weight excluding hydrogens is 521 g/mol. The number of hydrogen-bond acceptors (Lipinski definition) is 6. The van der Waals surface area contributed by atoms with Crippen LogP contribution < -0.4 is 21.3 Å². The number of carbonyl (C=O) groups excluding carboxylic acids is 1. The molecule has 0 fully saturated rings. The maximum absolute atomic E-state index is 13.1. The Morgan fingerprint density at radius 3 is 2.34 bits per heavy atom. The Bertz CT molecular complexity index is 1540. The number of rotatable bonds is 6. The molecule has 5 N–H and O–H groups in total. The lowest BCUT2D eigenvalue weighted by Gasteiger charge is -2.14. The third-order valence-corrected chi connectivity index (χ3v) is 5.43. The molecule has 2 heterocycles. The Labute approximate surface area is 220 Å². The van der Waals surface area contributed by atoms with Crippen molar-refractivity contribution in [2.24, 2.45) is 0 Å². The molecule has 0 unspecified atom stereocenters. The molecule has 0 saturated heterocycles. The van der Waals surface area contributed by atoms with Gasteiger partial charge in [0.15, 0.2) is 5.82 Å². The van der Waals surface area contributed by atoms with Crippen LogP contribution in [0.4, 0.5) is 52.6 Å². The van der Waals surface area contributed by atoms with Gasteiger partial charge in [-0.1, -0.05) is 17.5 Å². The summed E-state index contributed by atoms with van der Waals surface area (Å²) in [7, 11) is 0. The lowest BCUT2D eigenvalue weighted by atomic mass is 10.1. The van der Waals surface area contributed by atoms with Gasteiger partial charge in [-0.25, -0.2) is 9.78 Å². The van der Waals surface area contributed by atoms with Crippen LogP contribution in [0.3, 0.4) is 0 Å². The summed E-state index contributed by atoms with van der Waals surface area (Å²) < 4.78 is 39.2. The van der Waals surface area contributed by atoms with E-state index in [2.05, 4.69) is 47.4 Å². The summed E-state index contributed by atoms with van der Waals surface area (Å²) in [5.41, 5.74) is 1.97. The number of halogens is 4. The molecule has 13 heteroatoms. The number of benzene rings is 2. The van der Waals surface area contributed by atoms with Crippen LogP contribution >= 0.6 is 11.6 Å². The van der Waals surface area contributed by atoms with Crippen LogP contribution in [0.15, 0.2) is 48.5 Å². The third kappa shape index (κ3) is 6.51. The first-order valence-electron chi connectivity index (χ1n) is 11.0. The molecule has 0 spiro atoms. The Balaban J connectivity index is 1.43. The van der Waals surface area contributed by atoms with Gasteiger partial charge in [0.2, 0.25) is 5.95 Å². The highest BCUT2D eigenvalue weighted by atomic mass is 35.5. The average Bonchev–Trinajstić information content (AvgIpc) is 3.28. The number of urea groups is 1. The van der Waals surface area contributed by atoms with Crippen LogP contribution in [-0.4, -0.2) is 26.2 Å². The number of alkyl halides is 3. The van der Waals surface area contributed by atoms with Crippen molar-refractivity contribution in [2.45, 2.75) is 20.0 Å². The number of hydrogen-bond donors (Lipinski definition) is 5. The van der Waals surface area contributed by atoms with Crippen molar-refractivity contribution >= 4 is 52.3 Å². The molecule has 0 aliphatic carbocycles. The van der Waals surface area contributed by atoms with E-state index in [0.717, 1.165) is 17.7 Å². The summed E-state index contributed by atoms with van der Waals surface area (Å²) in [6, 6.07) is 10.8. The number of aryl methyl sites for hydroxylation is 2. The number of aromatic amines is 1. The number of amides is 2.